The van der Waals surface area contributed by atoms with Crippen molar-refractivity contribution in [2.75, 3.05) is 19.0 Å². The maximum absolute atomic E-state index is 8.76. The van der Waals surface area contributed by atoms with Crippen LogP contribution in [0.3, 0.4) is 0 Å². The van der Waals surface area contributed by atoms with Gasteiger partial charge in [-0.3, -0.25) is 4.68 Å². The molecular formula is C13H18N4O2. The third-order valence-corrected chi connectivity index (χ3v) is 2.70. The van der Waals surface area contributed by atoms with Crippen molar-refractivity contribution in [1.29, 1.82) is 0 Å². The van der Waals surface area contributed by atoms with Crippen LogP contribution in [-0.4, -0.2) is 33.8 Å². The van der Waals surface area contributed by atoms with Crippen LogP contribution in [0.25, 0.3) is 0 Å². The Morgan fingerprint density at radius 2 is 2.21 bits per heavy atom. The van der Waals surface area contributed by atoms with Crippen molar-refractivity contribution in [2.24, 2.45) is 0 Å². The van der Waals surface area contributed by atoms with Crippen LogP contribution in [0.2, 0.25) is 0 Å². The summed E-state index contributed by atoms with van der Waals surface area (Å²) in [6.07, 6.45) is 2.56. The number of hydrogen-bond donors (Lipinski definition) is 2. The summed E-state index contributed by atoms with van der Waals surface area (Å²) in [5.74, 6) is 0.801. The fourth-order valence-electron chi connectivity index (χ4n) is 1.74. The molecule has 1 aromatic carbocycles. The number of aryl methyl sites for hydroxylation is 1. The summed E-state index contributed by atoms with van der Waals surface area (Å²) >= 11 is 0. The minimum Gasteiger partial charge on any atom is -0.495 e. The van der Waals surface area contributed by atoms with Crippen molar-refractivity contribution in [3.63, 3.8) is 0 Å². The van der Waals surface area contributed by atoms with Gasteiger partial charge in [-0.15, -0.1) is 5.10 Å². The number of ether oxygens (including phenoxy) is 1. The monoisotopic (exact) mass is 262 g/mol. The molecule has 0 fully saturated rings. The summed E-state index contributed by atoms with van der Waals surface area (Å²) in [4.78, 5) is 0. The number of anilines is 1. The predicted molar refractivity (Wildman–Crippen MR) is 72.0 cm³/mol. The van der Waals surface area contributed by atoms with E-state index in [2.05, 4.69) is 15.6 Å². The molecule has 0 unspecified atom stereocenters. The molecule has 1 aromatic heterocycles. The van der Waals surface area contributed by atoms with E-state index < -0.39 is 0 Å². The van der Waals surface area contributed by atoms with E-state index in [1.165, 1.54) is 0 Å². The van der Waals surface area contributed by atoms with Crippen molar-refractivity contribution in [2.45, 2.75) is 19.5 Å². The van der Waals surface area contributed by atoms with Gasteiger partial charge in [-0.05, 0) is 18.6 Å². The molecule has 6 heteroatoms. The smallest absolute Gasteiger partial charge is 0.141 e. The number of aliphatic hydroxyl groups is 1. The normalized spacial score (nSPS) is 10.4. The Balaban J connectivity index is 1.93. The minimum atomic E-state index is 0.161. The van der Waals surface area contributed by atoms with Gasteiger partial charge in [0.1, 0.15) is 11.4 Å². The van der Waals surface area contributed by atoms with Gasteiger partial charge in [0.2, 0.25) is 0 Å². The second-order valence-electron chi connectivity index (χ2n) is 4.10. The fraction of sp³-hybridized carbons (Fsp3) is 0.385. The molecule has 0 spiro atoms. The van der Waals surface area contributed by atoms with Crippen LogP contribution in [0.1, 0.15) is 12.1 Å². The molecule has 0 saturated carbocycles. The molecule has 0 radical (unpaired) electrons. The summed E-state index contributed by atoms with van der Waals surface area (Å²) in [7, 11) is 1.64. The van der Waals surface area contributed by atoms with Crippen molar-refractivity contribution in [3.8, 4) is 5.75 Å². The van der Waals surface area contributed by atoms with Crippen LogP contribution in [0.15, 0.2) is 30.5 Å². The topological polar surface area (TPSA) is 72.2 Å². The first-order valence-corrected chi connectivity index (χ1v) is 6.20. The van der Waals surface area contributed by atoms with Crippen molar-refractivity contribution in [3.05, 3.63) is 36.2 Å². The van der Waals surface area contributed by atoms with E-state index in [0.717, 1.165) is 17.1 Å². The molecule has 19 heavy (non-hydrogen) atoms. The molecule has 2 N–H and O–H groups in total. The molecule has 2 rings (SSSR count). The standard InChI is InChI=1S/C13H18N4O2/c1-19-13-6-3-2-5-12(13)14-9-11-10-17(16-15-11)7-4-8-18/h2-3,5-6,10,14,18H,4,7-9H2,1H3. The number of aliphatic hydroxyl groups excluding tert-OH is 1. The molecule has 0 amide bonds. The van der Waals surface area contributed by atoms with E-state index in [-0.39, 0.29) is 6.61 Å². The fourth-order valence-corrected chi connectivity index (χ4v) is 1.74. The van der Waals surface area contributed by atoms with Gasteiger partial charge < -0.3 is 15.2 Å². The van der Waals surface area contributed by atoms with Crippen LogP contribution in [-0.2, 0) is 13.1 Å². The van der Waals surface area contributed by atoms with Gasteiger partial charge in [-0.25, -0.2) is 0 Å². The lowest BCUT2D eigenvalue weighted by Crippen LogP contribution is -2.02. The van der Waals surface area contributed by atoms with Gasteiger partial charge in [0.05, 0.1) is 25.5 Å². The SMILES string of the molecule is COc1ccccc1NCc1cn(CCCO)nn1. The maximum Gasteiger partial charge on any atom is 0.141 e. The highest BCUT2D eigenvalue weighted by atomic mass is 16.5. The van der Waals surface area contributed by atoms with Gasteiger partial charge in [0.15, 0.2) is 0 Å². The number of benzene rings is 1. The lowest BCUT2D eigenvalue weighted by atomic mass is 10.3. The van der Waals surface area contributed by atoms with Crippen LogP contribution >= 0.6 is 0 Å². The van der Waals surface area contributed by atoms with Gasteiger partial charge in [-0.1, -0.05) is 17.3 Å². The minimum absolute atomic E-state index is 0.161. The number of para-hydroxylation sites is 2. The van der Waals surface area contributed by atoms with Crippen LogP contribution < -0.4 is 10.1 Å². The second kappa shape index (κ2) is 6.75. The Hall–Kier alpha value is -2.08. The molecular weight excluding hydrogens is 244 g/mol. The van der Waals surface area contributed by atoms with E-state index >= 15 is 0 Å². The zero-order valence-corrected chi connectivity index (χ0v) is 10.9. The van der Waals surface area contributed by atoms with Crippen LogP contribution in [0, 0.1) is 0 Å². The summed E-state index contributed by atoms with van der Waals surface area (Å²) < 4.78 is 6.99. The summed E-state index contributed by atoms with van der Waals surface area (Å²) in [5.41, 5.74) is 1.78. The number of nitrogens with one attached hydrogen (secondary N) is 1. The lowest BCUT2D eigenvalue weighted by molar-refractivity contribution is 0.276. The predicted octanol–water partition coefficient (Wildman–Crippen LogP) is 1.28. The second-order valence-corrected chi connectivity index (χ2v) is 4.10. The van der Waals surface area contributed by atoms with E-state index in [9.17, 15) is 0 Å². The highest BCUT2D eigenvalue weighted by molar-refractivity contribution is 5.56. The first kappa shape index (κ1) is 13.4. The highest BCUT2D eigenvalue weighted by Gasteiger charge is 2.03. The van der Waals surface area contributed by atoms with Crippen LogP contribution in [0.4, 0.5) is 5.69 Å². The molecule has 6 nitrogen and oxygen atoms in total. The molecule has 0 aliphatic carbocycles. The van der Waals surface area contributed by atoms with Gasteiger partial charge in [0, 0.05) is 13.2 Å². The summed E-state index contributed by atoms with van der Waals surface area (Å²) in [5, 5.41) is 20.1. The largest absolute Gasteiger partial charge is 0.495 e. The average molecular weight is 262 g/mol. The third-order valence-electron chi connectivity index (χ3n) is 2.70. The maximum atomic E-state index is 8.76. The van der Waals surface area contributed by atoms with Gasteiger partial charge in [0.25, 0.3) is 0 Å². The Bertz CT molecular complexity index is 513. The first-order valence-electron chi connectivity index (χ1n) is 6.20. The molecule has 0 aliphatic heterocycles. The zero-order valence-electron chi connectivity index (χ0n) is 10.9. The Morgan fingerprint density at radius 3 is 3.00 bits per heavy atom. The molecule has 0 saturated heterocycles. The first-order chi connectivity index (χ1) is 9.33. The van der Waals surface area contributed by atoms with Crippen LogP contribution in [0.5, 0.6) is 5.75 Å². The van der Waals surface area contributed by atoms with E-state index in [4.69, 9.17) is 9.84 Å². The van der Waals surface area contributed by atoms with Gasteiger partial charge >= 0.3 is 0 Å². The number of hydrogen-bond acceptors (Lipinski definition) is 5. The zero-order chi connectivity index (χ0) is 13.5. The molecule has 0 aliphatic rings. The molecule has 0 atom stereocenters. The van der Waals surface area contributed by atoms with Gasteiger partial charge in [-0.2, -0.15) is 0 Å². The van der Waals surface area contributed by atoms with E-state index in [1.807, 2.05) is 30.5 Å². The van der Waals surface area contributed by atoms with E-state index in [1.54, 1.807) is 11.8 Å². The lowest BCUT2D eigenvalue weighted by Gasteiger charge is -2.09. The summed E-state index contributed by atoms with van der Waals surface area (Å²) in [6, 6.07) is 7.73. The molecule has 102 valence electrons. The highest BCUT2D eigenvalue weighted by Crippen LogP contribution is 2.23. The average Bonchev–Trinajstić information content (AvgIpc) is 2.91. The van der Waals surface area contributed by atoms with Crippen molar-refractivity contribution >= 4 is 5.69 Å². The number of aromatic nitrogens is 3. The number of rotatable bonds is 7. The number of methoxy groups -OCH3 is 1. The van der Waals surface area contributed by atoms with E-state index in [0.29, 0.717) is 19.5 Å². The van der Waals surface area contributed by atoms with Crippen molar-refractivity contribution < 1.29 is 9.84 Å². The number of nitrogens with zero attached hydrogens (tertiary/aromatic N) is 3. The van der Waals surface area contributed by atoms with Crippen molar-refractivity contribution in [1.82, 2.24) is 15.0 Å². The molecule has 1 heterocycles. The Labute approximate surface area is 112 Å². The Morgan fingerprint density at radius 1 is 1.37 bits per heavy atom. The molecule has 2 aromatic rings. The Kier molecular flexibility index (Phi) is 4.74. The summed E-state index contributed by atoms with van der Waals surface area (Å²) in [6.45, 7) is 1.42. The quantitative estimate of drug-likeness (QED) is 0.786. The third kappa shape index (κ3) is 3.69. The molecule has 0 bridgehead atoms.